The molecule has 6 heteroatoms. The summed E-state index contributed by atoms with van der Waals surface area (Å²) in [7, 11) is 1.40. The van der Waals surface area contributed by atoms with Crippen LogP contribution >= 0.6 is 15.9 Å². The second-order valence-corrected chi connectivity index (χ2v) is 4.80. The number of carbonyl (C=O) groups is 1. The van der Waals surface area contributed by atoms with Gasteiger partial charge in [-0.3, -0.25) is 4.79 Å². The van der Waals surface area contributed by atoms with E-state index in [-0.39, 0.29) is 17.1 Å². The van der Waals surface area contributed by atoms with Gasteiger partial charge in [0.1, 0.15) is 0 Å². The van der Waals surface area contributed by atoms with Crippen molar-refractivity contribution in [1.29, 1.82) is 0 Å². The van der Waals surface area contributed by atoms with Crippen molar-refractivity contribution in [3.05, 3.63) is 46.4 Å². The van der Waals surface area contributed by atoms with Gasteiger partial charge in [-0.05, 0) is 30.3 Å². The molecule has 0 aliphatic rings. The zero-order valence-electron chi connectivity index (χ0n) is 10.6. The summed E-state index contributed by atoms with van der Waals surface area (Å²) in [5.74, 6) is -0.0237. The van der Waals surface area contributed by atoms with E-state index < -0.39 is 0 Å². The maximum absolute atomic E-state index is 10.9. The molecule has 0 fully saturated rings. The first-order valence-electron chi connectivity index (χ1n) is 5.67. The van der Waals surface area contributed by atoms with Crippen molar-refractivity contribution in [3.8, 4) is 11.5 Å². The van der Waals surface area contributed by atoms with Crippen molar-refractivity contribution in [2.45, 2.75) is 0 Å². The first-order chi connectivity index (χ1) is 9.63. The van der Waals surface area contributed by atoms with Gasteiger partial charge in [0, 0.05) is 10.5 Å². The number of aldehydes is 1. The molecule has 0 unspecified atom stereocenters. The molecule has 0 aliphatic heterocycles. The quantitative estimate of drug-likeness (QED) is 0.665. The third kappa shape index (κ3) is 3.21. The summed E-state index contributed by atoms with van der Waals surface area (Å²) in [6, 6.07) is 10.2. The largest absolute Gasteiger partial charge is 0.504 e. The van der Waals surface area contributed by atoms with E-state index in [0.29, 0.717) is 17.7 Å². The Bertz CT molecular complexity index is 654. The molecule has 0 bridgehead atoms. The molecule has 2 rings (SSSR count). The highest BCUT2D eigenvalue weighted by atomic mass is 79.9. The number of azo groups is 1. The highest BCUT2D eigenvalue weighted by molar-refractivity contribution is 9.10. The van der Waals surface area contributed by atoms with E-state index in [0.717, 1.165) is 4.47 Å². The van der Waals surface area contributed by atoms with Crippen LogP contribution in [0.15, 0.2) is 51.1 Å². The average molecular weight is 335 g/mol. The monoisotopic (exact) mass is 334 g/mol. The van der Waals surface area contributed by atoms with E-state index in [1.54, 1.807) is 12.1 Å². The number of aromatic hydroxyl groups is 1. The molecular weight excluding hydrogens is 324 g/mol. The SMILES string of the molecule is COc1cc(/N=N/c2ccc(Br)cc2)cc(C=O)c1O. The molecule has 0 heterocycles. The Morgan fingerprint density at radius 3 is 2.40 bits per heavy atom. The summed E-state index contributed by atoms with van der Waals surface area (Å²) in [5, 5.41) is 17.8. The summed E-state index contributed by atoms with van der Waals surface area (Å²) in [6.07, 6.45) is 0.538. The molecule has 0 radical (unpaired) electrons. The maximum Gasteiger partial charge on any atom is 0.168 e. The number of methoxy groups -OCH3 is 1. The van der Waals surface area contributed by atoms with Crippen LogP contribution in [0.25, 0.3) is 0 Å². The summed E-state index contributed by atoms with van der Waals surface area (Å²) in [5.41, 5.74) is 1.20. The number of hydrogen-bond donors (Lipinski definition) is 1. The Hall–Kier alpha value is -2.21. The minimum atomic E-state index is -0.204. The molecule has 2 aromatic rings. The van der Waals surface area contributed by atoms with Crippen molar-refractivity contribution in [1.82, 2.24) is 0 Å². The van der Waals surface area contributed by atoms with E-state index in [4.69, 9.17) is 4.74 Å². The second-order valence-electron chi connectivity index (χ2n) is 3.88. The van der Waals surface area contributed by atoms with Crippen LogP contribution in [-0.2, 0) is 0 Å². The van der Waals surface area contributed by atoms with Crippen LogP contribution in [0.1, 0.15) is 10.4 Å². The summed E-state index contributed by atoms with van der Waals surface area (Å²) < 4.78 is 5.93. The number of benzene rings is 2. The predicted octanol–water partition coefficient (Wildman–Crippen LogP) is 4.39. The lowest BCUT2D eigenvalue weighted by Gasteiger charge is -2.05. The Kier molecular flexibility index (Phi) is 4.47. The van der Waals surface area contributed by atoms with Crippen LogP contribution in [0.3, 0.4) is 0 Å². The van der Waals surface area contributed by atoms with Crippen LogP contribution in [0.4, 0.5) is 11.4 Å². The van der Waals surface area contributed by atoms with E-state index in [1.165, 1.54) is 19.2 Å². The Morgan fingerprint density at radius 1 is 1.15 bits per heavy atom. The summed E-state index contributed by atoms with van der Waals surface area (Å²) >= 11 is 3.33. The lowest BCUT2D eigenvalue weighted by molar-refractivity contribution is 0.112. The van der Waals surface area contributed by atoms with Crippen molar-refractivity contribution >= 4 is 33.6 Å². The lowest BCUT2D eigenvalue weighted by atomic mass is 10.2. The molecule has 0 spiro atoms. The Balaban J connectivity index is 2.33. The highest BCUT2D eigenvalue weighted by Gasteiger charge is 2.09. The topological polar surface area (TPSA) is 71.2 Å². The van der Waals surface area contributed by atoms with Gasteiger partial charge >= 0.3 is 0 Å². The van der Waals surface area contributed by atoms with Crippen LogP contribution in [-0.4, -0.2) is 18.5 Å². The standard InChI is InChI=1S/C14H11BrN2O3/c1-20-13-7-12(6-9(8-18)14(13)19)17-16-11-4-2-10(15)3-5-11/h2-8,19H,1H3/b17-16+. The number of ether oxygens (including phenoxy) is 1. The zero-order valence-corrected chi connectivity index (χ0v) is 12.2. The first kappa shape index (κ1) is 14.2. The molecule has 102 valence electrons. The van der Waals surface area contributed by atoms with Gasteiger partial charge < -0.3 is 9.84 Å². The molecular formula is C14H11BrN2O3. The zero-order chi connectivity index (χ0) is 14.5. The Labute approximate surface area is 124 Å². The third-order valence-electron chi connectivity index (χ3n) is 2.54. The number of halogens is 1. The molecule has 0 aliphatic carbocycles. The maximum atomic E-state index is 10.9. The van der Waals surface area contributed by atoms with E-state index >= 15 is 0 Å². The smallest absolute Gasteiger partial charge is 0.168 e. The van der Waals surface area contributed by atoms with Crippen molar-refractivity contribution in [3.63, 3.8) is 0 Å². The van der Waals surface area contributed by atoms with E-state index in [9.17, 15) is 9.90 Å². The van der Waals surface area contributed by atoms with Gasteiger partial charge in [-0.2, -0.15) is 10.2 Å². The van der Waals surface area contributed by atoms with E-state index in [1.807, 2.05) is 12.1 Å². The van der Waals surface area contributed by atoms with Gasteiger partial charge in [0.15, 0.2) is 17.8 Å². The molecule has 2 aromatic carbocycles. The first-order valence-corrected chi connectivity index (χ1v) is 6.47. The number of phenolic OH excluding ortho intramolecular Hbond substituents is 1. The predicted molar refractivity (Wildman–Crippen MR) is 78.4 cm³/mol. The molecule has 0 saturated carbocycles. The van der Waals surface area contributed by atoms with Crippen LogP contribution in [0.5, 0.6) is 11.5 Å². The number of hydrogen-bond acceptors (Lipinski definition) is 5. The highest BCUT2D eigenvalue weighted by Crippen LogP contribution is 2.34. The van der Waals surface area contributed by atoms with Crippen LogP contribution in [0, 0.1) is 0 Å². The third-order valence-corrected chi connectivity index (χ3v) is 3.07. The number of nitrogens with zero attached hydrogens (tertiary/aromatic N) is 2. The van der Waals surface area contributed by atoms with Crippen LogP contribution in [0.2, 0.25) is 0 Å². The van der Waals surface area contributed by atoms with Crippen molar-refractivity contribution in [2.75, 3.05) is 7.11 Å². The number of phenols is 1. The van der Waals surface area contributed by atoms with Gasteiger partial charge in [-0.25, -0.2) is 0 Å². The molecule has 0 atom stereocenters. The fourth-order valence-electron chi connectivity index (χ4n) is 1.54. The molecule has 0 saturated heterocycles. The summed E-state index contributed by atoms with van der Waals surface area (Å²) in [6.45, 7) is 0. The second kappa shape index (κ2) is 6.29. The van der Waals surface area contributed by atoms with E-state index in [2.05, 4.69) is 26.2 Å². The minimum Gasteiger partial charge on any atom is -0.504 e. The average Bonchev–Trinajstić information content (AvgIpc) is 2.47. The van der Waals surface area contributed by atoms with Crippen molar-refractivity contribution < 1.29 is 14.6 Å². The fraction of sp³-hybridized carbons (Fsp3) is 0.0714. The molecule has 1 N–H and O–H groups in total. The van der Waals surface area contributed by atoms with Gasteiger partial charge in [0.25, 0.3) is 0 Å². The molecule has 0 aromatic heterocycles. The van der Waals surface area contributed by atoms with Gasteiger partial charge in [-0.15, -0.1) is 0 Å². The molecule has 20 heavy (non-hydrogen) atoms. The lowest BCUT2D eigenvalue weighted by Crippen LogP contribution is -1.88. The van der Waals surface area contributed by atoms with Gasteiger partial charge in [0.05, 0.1) is 24.0 Å². The number of rotatable bonds is 4. The normalized spacial score (nSPS) is 10.7. The molecule has 0 amide bonds. The van der Waals surface area contributed by atoms with Gasteiger partial charge in [-0.1, -0.05) is 15.9 Å². The van der Waals surface area contributed by atoms with Crippen molar-refractivity contribution in [2.24, 2.45) is 10.2 Å². The summed E-state index contributed by atoms with van der Waals surface area (Å²) in [4.78, 5) is 10.9. The number of carbonyl (C=O) groups excluding carboxylic acids is 1. The molecule has 5 nitrogen and oxygen atoms in total. The van der Waals surface area contributed by atoms with Gasteiger partial charge in [0.2, 0.25) is 0 Å². The fourth-order valence-corrected chi connectivity index (χ4v) is 1.81. The minimum absolute atomic E-state index is 0.106. The van der Waals surface area contributed by atoms with Crippen LogP contribution < -0.4 is 4.74 Å². The Morgan fingerprint density at radius 2 is 1.80 bits per heavy atom.